The molecule has 0 N–H and O–H groups in total. The predicted octanol–water partition coefficient (Wildman–Crippen LogP) is 1.20. The molecule has 0 atom stereocenters. The Morgan fingerprint density at radius 1 is 1.55 bits per heavy atom. The van der Waals surface area contributed by atoms with Gasteiger partial charge >= 0.3 is 5.97 Å². The SMILES string of the molecule is CC#CCn1c(Br)nc(C=O)c1C(=O)OCCN(C)C. The second-order valence-electron chi connectivity index (χ2n) is 4.18. The highest BCUT2D eigenvalue weighted by Crippen LogP contribution is 2.17. The van der Waals surface area contributed by atoms with E-state index in [1.54, 1.807) is 6.92 Å². The molecule has 0 aliphatic carbocycles. The molecular formula is C13H16BrN3O3. The van der Waals surface area contributed by atoms with E-state index >= 15 is 0 Å². The zero-order chi connectivity index (χ0) is 15.1. The molecule has 0 aliphatic rings. The van der Waals surface area contributed by atoms with Crippen molar-refractivity contribution in [2.24, 2.45) is 0 Å². The molecule has 1 aromatic rings. The zero-order valence-corrected chi connectivity index (χ0v) is 13.2. The van der Waals surface area contributed by atoms with E-state index in [-0.39, 0.29) is 24.5 Å². The van der Waals surface area contributed by atoms with Gasteiger partial charge < -0.3 is 14.2 Å². The molecule has 0 fully saturated rings. The lowest BCUT2D eigenvalue weighted by molar-refractivity contribution is 0.0467. The lowest BCUT2D eigenvalue weighted by Gasteiger charge is -2.11. The van der Waals surface area contributed by atoms with Crippen molar-refractivity contribution in [1.29, 1.82) is 0 Å². The van der Waals surface area contributed by atoms with Crippen LogP contribution in [0, 0.1) is 11.8 Å². The van der Waals surface area contributed by atoms with Crippen LogP contribution in [0.3, 0.4) is 0 Å². The van der Waals surface area contributed by atoms with Crippen LogP contribution in [0.25, 0.3) is 0 Å². The number of aldehydes is 1. The summed E-state index contributed by atoms with van der Waals surface area (Å²) in [6.45, 7) is 2.80. The Morgan fingerprint density at radius 3 is 2.80 bits per heavy atom. The lowest BCUT2D eigenvalue weighted by Crippen LogP contribution is -2.22. The van der Waals surface area contributed by atoms with Gasteiger partial charge in [0.25, 0.3) is 0 Å². The van der Waals surface area contributed by atoms with Crippen molar-refractivity contribution in [2.45, 2.75) is 13.5 Å². The van der Waals surface area contributed by atoms with Crippen molar-refractivity contribution in [1.82, 2.24) is 14.5 Å². The van der Waals surface area contributed by atoms with Gasteiger partial charge in [-0.05, 0) is 36.9 Å². The van der Waals surface area contributed by atoms with Gasteiger partial charge in [-0.3, -0.25) is 4.79 Å². The quantitative estimate of drug-likeness (QED) is 0.442. The average Bonchev–Trinajstić information content (AvgIpc) is 2.72. The highest BCUT2D eigenvalue weighted by molar-refractivity contribution is 9.10. The second-order valence-corrected chi connectivity index (χ2v) is 4.89. The summed E-state index contributed by atoms with van der Waals surface area (Å²) in [4.78, 5) is 28.9. The third-order valence-electron chi connectivity index (χ3n) is 2.44. The van der Waals surface area contributed by atoms with Crippen LogP contribution in [0.4, 0.5) is 0 Å². The summed E-state index contributed by atoms with van der Waals surface area (Å²) in [5.41, 5.74) is 0.165. The van der Waals surface area contributed by atoms with Crippen LogP contribution in [0.2, 0.25) is 0 Å². The van der Waals surface area contributed by atoms with Gasteiger partial charge in [-0.25, -0.2) is 9.78 Å². The fraction of sp³-hybridized carbons (Fsp3) is 0.462. The van der Waals surface area contributed by atoms with Gasteiger partial charge in [-0.15, -0.1) is 5.92 Å². The van der Waals surface area contributed by atoms with E-state index in [1.165, 1.54) is 4.57 Å². The number of esters is 1. The van der Waals surface area contributed by atoms with Crippen LogP contribution in [-0.4, -0.2) is 54.0 Å². The molecule has 0 aliphatic heterocycles. The minimum atomic E-state index is -0.579. The first-order chi connectivity index (χ1) is 9.51. The maximum Gasteiger partial charge on any atom is 0.357 e. The van der Waals surface area contributed by atoms with Crippen LogP contribution in [0.5, 0.6) is 0 Å². The summed E-state index contributed by atoms with van der Waals surface area (Å²) in [6.07, 6.45) is 0.531. The fourth-order valence-electron chi connectivity index (χ4n) is 1.43. The Hall–Kier alpha value is -1.65. The number of hydrogen-bond acceptors (Lipinski definition) is 5. The van der Waals surface area contributed by atoms with Crippen LogP contribution in [0.15, 0.2) is 4.73 Å². The van der Waals surface area contributed by atoms with Crippen LogP contribution >= 0.6 is 15.9 Å². The first-order valence-electron chi connectivity index (χ1n) is 5.94. The van der Waals surface area contributed by atoms with Crippen molar-refractivity contribution in [3.05, 3.63) is 16.1 Å². The number of imidazole rings is 1. The van der Waals surface area contributed by atoms with Crippen LogP contribution in [-0.2, 0) is 11.3 Å². The van der Waals surface area contributed by atoms with Gasteiger partial charge in [0, 0.05) is 6.54 Å². The molecule has 0 aromatic carbocycles. The van der Waals surface area contributed by atoms with E-state index in [1.807, 2.05) is 19.0 Å². The summed E-state index contributed by atoms with van der Waals surface area (Å²) < 4.78 is 7.03. The number of aromatic nitrogens is 2. The number of hydrogen-bond donors (Lipinski definition) is 0. The van der Waals surface area contributed by atoms with E-state index < -0.39 is 5.97 Å². The highest BCUT2D eigenvalue weighted by Gasteiger charge is 2.22. The highest BCUT2D eigenvalue weighted by atomic mass is 79.9. The Kier molecular flexibility index (Phi) is 6.42. The summed E-state index contributed by atoms with van der Waals surface area (Å²) >= 11 is 3.21. The molecule has 6 nitrogen and oxygen atoms in total. The molecule has 0 amide bonds. The summed E-state index contributed by atoms with van der Waals surface area (Å²) in [5, 5.41) is 0. The number of nitrogens with zero attached hydrogens (tertiary/aromatic N) is 3. The molecule has 7 heteroatoms. The molecule has 1 rings (SSSR count). The summed E-state index contributed by atoms with van der Waals surface area (Å²) in [5.74, 6) is 4.97. The predicted molar refractivity (Wildman–Crippen MR) is 77.6 cm³/mol. The molecule has 0 unspecified atom stereocenters. The van der Waals surface area contributed by atoms with E-state index in [2.05, 4.69) is 32.8 Å². The molecular weight excluding hydrogens is 326 g/mol. The molecule has 0 saturated heterocycles. The second kappa shape index (κ2) is 7.82. The van der Waals surface area contributed by atoms with Gasteiger partial charge in [-0.1, -0.05) is 5.92 Å². The fourth-order valence-corrected chi connectivity index (χ4v) is 1.93. The van der Waals surface area contributed by atoms with Gasteiger partial charge in [0.1, 0.15) is 12.3 Å². The first kappa shape index (κ1) is 16.4. The standard InChI is InChI=1S/C13H16BrN3O3/c1-4-5-6-17-11(10(9-18)15-13(17)14)12(19)20-8-7-16(2)3/h9H,6-8H2,1-3H3. The Bertz CT molecular complexity index is 555. The van der Waals surface area contributed by atoms with Gasteiger partial charge in [0.05, 0.1) is 6.54 Å². The van der Waals surface area contributed by atoms with E-state index in [9.17, 15) is 9.59 Å². The molecule has 0 saturated carbocycles. The number of ether oxygens (including phenoxy) is 1. The van der Waals surface area contributed by atoms with Crippen LogP contribution in [0.1, 0.15) is 27.9 Å². The van der Waals surface area contributed by atoms with E-state index in [0.29, 0.717) is 17.6 Å². The molecule has 1 aromatic heterocycles. The minimum Gasteiger partial charge on any atom is -0.460 e. The van der Waals surface area contributed by atoms with Crippen molar-refractivity contribution < 1.29 is 14.3 Å². The van der Waals surface area contributed by atoms with Gasteiger partial charge in [-0.2, -0.15) is 0 Å². The van der Waals surface area contributed by atoms with Crippen molar-refractivity contribution in [3.8, 4) is 11.8 Å². The Balaban J connectivity index is 2.97. The number of likely N-dealkylation sites (N-methyl/N-ethyl adjacent to an activating group) is 1. The van der Waals surface area contributed by atoms with E-state index in [0.717, 1.165) is 0 Å². The van der Waals surface area contributed by atoms with Crippen molar-refractivity contribution in [3.63, 3.8) is 0 Å². The average molecular weight is 342 g/mol. The Labute approximate surface area is 126 Å². The zero-order valence-electron chi connectivity index (χ0n) is 11.6. The summed E-state index contributed by atoms with van der Waals surface area (Å²) in [6, 6.07) is 0. The monoisotopic (exact) mass is 341 g/mol. The first-order valence-corrected chi connectivity index (χ1v) is 6.73. The van der Waals surface area contributed by atoms with Crippen LogP contribution < -0.4 is 0 Å². The number of halogens is 1. The third-order valence-corrected chi connectivity index (χ3v) is 3.04. The third kappa shape index (κ3) is 4.18. The smallest absolute Gasteiger partial charge is 0.357 e. The number of carbonyl (C=O) groups excluding carboxylic acids is 2. The van der Waals surface area contributed by atoms with Gasteiger partial charge in [0.2, 0.25) is 0 Å². The van der Waals surface area contributed by atoms with E-state index in [4.69, 9.17) is 4.74 Å². The normalized spacial score (nSPS) is 10.1. The topological polar surface area (TPSA) is 64.4 Å². The van der Waals surface area contributed by atoms with Crippen molar-refractivity contribution >= 4 is 28.2 Å². The molecule has 108 valence electrons. The van der Waals surface area contributed by atoms with Gasteiger partial charge in [0.15, 0.2) is 16.7 Å². The number of rotatable bonds is 6. The molecule has 1 heterocycles. The lowest BCUT2D eigenvalue weighted by atomic mass is 10.3. The molecule has 0 radical (unpaired) electrons. The molecule has 0 spiro atoms. The molecule has 20 heavy (non-hydrogen) atoms. The van der Waals surface area contributed by atoms with Crippen molar-refractivity contribution in [2.75, 3.05) is 27.2 Å². The Morgan fingerprint density at radius 2 is 2.25 bits per heavy atom. The molecule has 0 bridgehead atoms. The largest absolute Gasteiger partial charge is 0.460 e. The minimum absolute atomic E-state index is 0.0460. The maximum atomic E-state index is 12.1. The maximum absolute atomic E-state index is 12.1. The summed E-state index contributed by atoms with van der Waals surface area (Å²) in [7, 11) is 3.75. The number of carbonyl (C=O) groups is 2.